The molecule has 0 saturated carbocycles. The van der Waals surface area contributed by atoms with Gasteiger partial charge in [-0.3, -0.25) is 9.59 Å². The molecule has 0 bridgehead atoms. The van der Waals surface area contributed by atoms with Crippen LogP contribution in [0.25, 0.3) is 10.6 Å². The maximum atomic E-state index is 12.2. The summed E-state index contributed by atoms with van der Waals surface area (Å²) in [5, 5.41) is 5.67. The third-order valence-corrected chi connectivity index (χ3v) is 4.93. The van der Waals surface area contributed by atoms with Crippen molar-refractivity contribution in [1.82, 2.24) is 15.6 Å². The molecule has 2 rings (SSSR count). The summed E-state index contributed by atoms with van der Waals surface area (Å²) in [4.78, 5) is 40.0. The van der Waals surface area contributed by atoms with Crippen molar-refractivity contribution in [2.24, 2.45) is 0 Å². The van der Waals surface area contributed by atoms with E-state index in [4.69, 9.17) is 4.74 Å². The lowest BCUT2D eigenvalue weighted by molar-refractivity contribution is -0.127. The Balaban J connectivity index is 1.93. The number of carbonyl (C=O) groups excluding carboxylic acids is 3. The molecule has 0 aliphatic carbocycles. The van der Waals surface area contributed by atoms with Crippen LogP contribution in [0.5, 0.6) is 0 Å². The van der Waals surface area contributed by atoms with Gasteiger partial charge in [0.1, 0.15) is 9.88 Å². The van der Waals surface area contributed by atoms with Crippen molar-refractivity contribution >= 4 is 29.1 Å². The van der Waals surface area contributed by atoms with E-state index in [0.29, 0.717) is 17.1 Å². The maximum Gasteiger partial charge on any atom is 0.350 e. The van der Waals surface area contributed by atoms with E-state index in [-0.39, 0.29) is 12.5 Å². The van der Waals surface area contributed by atoms with Gasteiger partial charge in [-0.25, -0.2) is 9.78 Å². The second-order valence-corrected chi connectivity index (χ2v) is 6.79. The lowest BCUT2D eigenvalue weighted by atomic mass is 10.1. The van der Waals surface area contributed by atoms with Gasteiger partial charge in [0.2, 0.25) is 5.91 Å². The Kier molecular flexibility index (Phi) is 7.48. The molecule has 8 heteroatoms. The van der Waals surface area contributed by atoms with E-state index >= 15 is 0 Å². The zero-order valence-electron chi connectivity index (χ0n) is 15.6. The summed E-state index contributed by atoms with van der Waals surface area (Å²) >= 11 is 1.23. The van der Waals surface area contributed by atoms with Crippen LogP contribution in [-0.4, -0.2) is 42.5 Å². The lowest BCUT2D eigenvalue weighted by Gasteiger charge is -2.06. The first-order valence-electron chi connectivity index (χ1n) is 8.71. The summed E-state index contributed by atoms with van der Waals surface area (Å²) in [5.74, 6) is -1.43. The molecule has 144 valence electrons. The molecular formula is C19H23N3O4S. The smallest absolute Gasteiger partial charge is 0.350 e. The fourth-order valence-corrected chi connectivity index (χ4v) is 3.24. The Bertz CT molecular complexity index is 815. The third kappa shape index (κ3) is 5.89. The number of amides is 2. The standard InChI is InChI=1S/C19H23N3O4S/c1-4-13-6-8-14(9-7-13)18-22-12(3)17(27-18)19(25)26-11-16(24)21-10-15(23)20-5-2/h6-9H,4-5,10-11H2,1-3H3,(H,20,23)(H,21,24). The highest BCUT2D eigenvalue weighted by atomic mass is 32.1. The van der Waals surface area contributed by atoms with Crippen molar-refractivity contribution in [3.8, 4) is 10.6 Å². The molecule has 0 radical (unpaired) electrons. The number of nitrogens with one attached hydrogen (secondary N) is 2. The number of carbonyl (C=O) groups is 3. The van der Waals surface area contributed by atoms with Crippen molar-refractivity contribution in [2.75, 3.05) is 19.7 Å². The van der Waals surface area contributed by atoms with Crippen LogP contribution < -0.4 is 10.6 Å². The van der Waals surface area contributed by atoms with E-state index in [9.17, 15) is 14.4 Å². The van der Waals surface area contributed by atoms with Crippen LogP contribution in [0.3, 0.4) is 0 Å². The first kappa shape index (κ1) is 20.6. The highest BCUT2D eigenvalue weighted by Gasteiger charge is 2.19. The van der Waals surface area contributed by atoms with Gasteiger partial charge < -0.3 is 15.4 Å². The lowest BCUT2D eigenvalue weighted by Crippen LogP contribution is -2.38. The van der Waals surface area contributed by atoms with Crippen LogP contribution in [0, 0.1) is 6.92 Å². The topological polar surface area (TPSA) is 97.4 Å². The molecule has 2 amide bonds. The van der Waals surface area contributed by atoms with Gasteiger partial charge in [0.05, 0.1) is 12.2 Å². The second kappa shape index (κ2) is 9.82. The Morgan fingerprint density at radius 3 is 2.41 bits per heavy atom. The van der Waals surface area contributed by atoms with Gasteiger partial charge in [-0.1, -0.05) is 31.2 Å². The zero-order chi connectivity index (χ0) is 19.8. The number of aryl methyl sites for hydroxylation is 2. The van der Waals surface area contributed by atoms with E-state index in [1.165, 1.54) is 16.9 Å². The van der Waals surface area contributed by atoms with E-state index in [2.05, 4.69) is 22.5 Å². The number of ether oxygens (including phenoxy) is 1. The SMILES string of the molecule is CCNC(=O)CNC(=O)COC(=O)c1sc(-c2ccc(CC)cc2)nc1C. The molecule has 0 fully saturated rings. The summed E-state index contributed by atoms with van der Waals surface area (Å²) in [6, 6.07) is 8.01. The van der Waals surface area contributed by atoms with E-state index in [0.717, 1.165) is 17.0 Å². The summed E-state index contributed by atoms with van der Waals surface area (Å²) < 4.78 is 5.04. The minimum atomic E-state index is -0.602. The quantitative estimate of drug-likeness (QED) is 0.674. The number of hydrogen-bond acceptors (Lipinski definition) is 6. The molecule has 0 aliphatic rings. The van der Waals surface area contributed by atoms with Crippen LogP contribution >= 0.6 is 11.3 Å². The molecule has 0 saturated heterocycles. The number of likely N-dealkylation sites (N-methyl/N-ethyl adjacent to an activating group) is 1. The first-order valence-corrected chi connectivity index (χ1v) is 9.53. The summed E-state index contributed by atoms with van der Waals surface area (Å²) in [6.07, 6.45) is 0.955. The number of nitrogens with zero attached hydrogens (tertiary/aromatic N) is 1. The van der Waals surface area contributed by atoms with Crippen molar-refractivity contribution in [2.45, 2.75) is 27.2 Å². The maximum absolute atomic E-state index is 12.2. The van der Waals surface area contributed by atoms with Gasteiger partial charge in [-0.2, -0.15) is 0 Å². The van der Waals surface area contributed by atoms with Crippen molar-refractivity contribution in [3.05, 3.63) is 40.4 Å². The van der Waals surface area contributed by atoms with Gasteiger partial charge in [0.25, 0.3) is 5.91 Å². The van der Waals surface area contributed by atoms with Gasteiger partial charge in [0.15, 0.2) is 6.61 Å². The fourth-order valence-electron chi connectivity index (χ4n) is 2.28. The Labute approximate surface area is 162 Å². The van der Waals surface area contributed by atoms with Gasteiger partial charge in [0, 0.05) is 12.1 Å². The van der Waals surface area contributed by atoms with Gasteiger partial charge >= 0.3 is 5.97 Å². The summed E-state index contributed by atoms with van der Waals surface area (Å²) in [7, 11) is 0. The molecule has 1 heterocycles. The number of aromatic nitrogens is 1. The average Bonchev–Trinajstić information content (AvgIpc) is 3.06. The van der Waals surface area contributed by atoms with Crippen molar-refractivity contribution < 1.29 is 19.1 Å². The number of hydrogen-bond donors (Lipinski definition) is 2. The van der Waals surface area contributed by atoms with E-state index < -0.39 is 18.5 Å². The van der Waals surface area contributed by atoms with Gasteiger partial charge in [-0.15, -0.1) is 11.3 Å². The molecular weight excluding hydrogens is 366 g/mol. The molecule has 2 N–H and O–H groups in total. The second-order valence-electron chi connectivity index (χ2n) is 5.79. The molecule has 0 spiro atoms. The van der Waals surface area contributed by atoms with Crippen LogP contribution in [0.1, 0.15) is 34.8 Å². The number of thiazole rings is 1. The van der Waals surface area contributed by atoms with Crippen LogP contribution in [0.4, 0.5) is 0 Å². The average molecular weight is 389 g/mol. The number of esters is 1. The van der Waals surface area contributed by atoms with Gasteiger partial charge in [-0.05, 0) is 25.8 Å². The molecule has 1 aromatic heterocycles. The van der Waals surface area contributed by atoms with Crippen molar-refractivity contribution in [3.63, 3.8) is 0 Å². The summed E-state index contributed by atoms with van der Waals surface area (Å²) in [6.45, 7) is 5.48. The fraction of sp³-hybridized carbons (Fsp3) is 0.368. The van der Waals surface area contributed by atoms with Crippen LogP contribution in [-0.2, 0) is 20.7 Å². The van der Waals surface area contributed by atoms with E-state index in [1.54, 1.807) is 13.8 Å². The monoisotopic (exact) mass is 389 g/mol. The predicted octanol–water partition coefficient (Wildman–Crippen LogP) is 2.09. The van der Waals surface area contributed by atoms with Crippen molar-refractivity contribution in [1.29, 1.82) is 0 Å². The molecule has 2 aromatic rings. The number of rotatable bonds is 8. The molecule has 0 unspecified atom stereocenters. The Hall–Kier alpha value is -2.74. The zero-order valence-corrected chi connectivity index (χ0v) is 16.4. The normalized spacial score (nSPS) is 10.3. The minimum absolute atomic E-state index is 0.151. The van der Waals surface area contributed by atoms with E-state index in [1.807, 2.05) is 24.3 Å². The number of benzene rings is 1. The summed E-state index contributed by atoms with van der Waals surface area (Å²) in [5.41, 5.74) is 2.71. The minimum Gasteiger partial charge on any atom is -0.451 e. The highest BCUT2D eigenvalue weighted by molar-refractivity contribution is 7.17. The molecule has 7 nitrogen and oxygen atoms in total. The third-order valence-electron chi connectivity index (χ3n) is 3.75. The van der Waals surface area contributed by atoms with Crippen LogP contribution in [0.15, 0.2) is 24.3 Å². The molecule has 1 aromatic carbocycles. The molecule has 0 atom stereocenters. The largest absolute Gasteiger partial charge is 0.451 e. The highest BCUT2D eigenvalue weighted by Crippen LogP contribution is 2.28. The first-order chi connectivity index (χ1) is 12.9. The predicted molar refractivity (Wildman–Crippen MR) is 104 cm³/mol. The Morgan fingerprint density at radius 2 is 1.78 bits per heavy atom. The molecule has 27 heavy (non-hydrogen) atoms. The Morgan fingerprint density at radius 1 is 1.07 bits per heavy atom. The van der Waals surface area contributed by atoms with Crippen LogP contribution in [0.2, 0.25) is 0 Å². The molecule has 0 aliphatic heterocycles.